The number of aromatic amines is 1. The minimum Gasteiger partial charge on any atom is -0.389 e. The van der Waals surface area contributed by atoms with Crippen LogP contribution in [0.4, 0.5) is 27.4 Å². The van der Waals surface area contributed by atoms with E-state index in [4.69, 9.17) is 0 Å². The van der Waals surface area contributed by atoms with Crippen molar-refractivity contribution < 1.29 is 37.1 Å². The number of nitrogens with one attached hydrogen (secondary N) is 4. The molecule has 338 valence electrons. The number of amides is 3. The highest BCUT2D eigenvalue weighted by Crippen LogP contribution is 2.32. The number of piperidine rings is 2. The maximum Gasteiger partial charge on any atom is 0.301 e. The number of imide groups is 1. The zero-order valence-corrected chi connectivity index (χ0v) is 36.9. The van der Waals surface area contributed by atoms with E-state index in [0.29, 0.717) is 93.3 Å². The molecule has 19 heteroatoms. The van der Waals surface area contributed by atoms with Crippen molar-refractivity contribution >= 4 is 68.4 Å². The van der Waals surface area contributed by atoms with Crippen molar-refractivity contribution in [3.05, 3.63) is 107 Å². The van der Waals surface area contributed by atoms with Crippen molar-refractivity contribution in [1.82, 2.24) is 29.5 Å². The number of hydrogen-bond donors (Lipinski definition) is 5. The molecule has 1 unspecified atom stereocenters. The topological polar surface area (TPSA) is 213 Å². The van der Waals surface area contributed by atoms with Crippen LogP contribution in [0.2, 0.25) is 0 Å². The molecule has 0 bridgehead atoms. The zero-order chi connectivity index (χ0) is 45.8. The molecule has 5 N–H and O–H groups in total. The predicted octanol–water partition coefficient (Wildman–Crippen LogP) is 4.11. The number of aryl methyl sites for hydroxylation is 1. The molecule has 3 saturated heterocycles. The first kappa shape index (κ1) is 45.6. The molecule has 2 aromatic heterocycles. The molecule has 7 rings (SSSR count). The number of carbonyl (C=O) groups is 4. The van der Waals surface area contributed by atoms with Crippen LogP contribution in [0, 0.1) is 12.7 Å². The average Bonchev–Trinajstić information content (AvgIpc) is 3.66. The summed E-state index contributed by atoms with van der Waals surface area (Å²) in [5, 5.41) is 17.0. The molecule has 4 aromatic rings. The molecule has 3 amide bonds. The molecule has 3 aliphatic rings. The van der Waals surface area contributed by atoms with Gasteiger partial charge in [-0.25, -0.2) is 14.4 Å². The van der Waals surface area contributed by atoms with Gasteiger partial charge in [0, 0.05) is 112 Å². The number of H-pyrrole nitrogens is 1. The summed E-state index contributed by atoms with van der Waals surface area (Å²) in [7, 11) is -2.67. The van der Waals surface area contributed by atoms with Gasteiger partial charge >= 0.3 is 10.2 Å². The van der Waals surface area contributed by atoms with Crippen molar-refractivity contribution in [2.24, 2.45) is 0 Å². The lowest BCUT2D eigenvalue weighted by atomic mass is 9.87. The Morgan fingerprint density at radius 2 is 1.70 bits per heavy atom. The summed E-state index contributed by atoms with van der Waals surface area (Å²) in [5.41, 5.74) is 2.51. The van der Waals surface area contributed by atoms with Crippen LogP contribution in [-0.2, 0) is 24.6 Å². The number of benzene rings is 2. The van der Waals surface area contributed by atoms with Gasteiger partial charge in [-0.05, 0) is 74.2 Å². The van der Waals surface area contributed by atoms with E-state index in [9.17, 15) is 32.7 Å². The summed E-state index contributed by atoms with van der Waals surface area (Å²) in [6.07, 6.45) is 9.75. The third kappa shape index (κ3) is 10.2. The molecular weight excluding hydrogens is 844 g/mol. The Labute approximate surface area is 371 Å². The van der Waals surface area contributed by atoms with Gasteiger partial charge in [0.25, 0.3) is 0 Å². The monoisotopic (exact) mass is 896 g/mol. The molecule has 0 aliphatic carbocycles. The lowest BCUT2D eigenvalue weighted by Gasteiger charge is -2.41. The molecule has 3 aliphatic heterocycles. The Bertz CT molecular complexity index is 2550. The summed E-state index contributed by atoms with van der Waals surface area (Å²) in [6, 6.07) is 11.2. The van der Waals surface area contributed by atoms with Gasteiger partial charge in [-0.3, -0.25) is 29.2 Å². The Morgan fingerprint density at radius 1 is 1.02 bits per heavy atom. The van der Waals surface area contributed by atoms with Gasteiger partial charge in [-0.15, -0.1) is 0 Å². The lowest BCUT2D eigenvalue weighted by molar-refractivity contribution is -0.138. The molecule has 3 fully saturated rings. The smallest absolute Gasteiger partial charge is 0.301 e. The highest BCUT2D eigenvalue weighted by Gasteiger charge is 2.37. The first-order valence-electron chi connectivity index (χ1n) is 21.2. The fourth-order valence-electron chi connectivity index (χ4n) is 7.99. The van der Waals surface area contributed by atoms with Crippen LogP contribution in [0.1, 0.15) is 71.8 Å². The van der Waals surface area contributed by atoms with Crippen molar-refractivity contribution in [2.45, 2.75) is 57.6 Å². The number of aromatic nitrogens is 3. The van der Waals surface area contributed by atoms with Gasteiger partial charge in [0.1, 0.15) is 6.04 Å². The van der Waals surface area contributed by atoms with Crippen LogP contribution in [0.25, 0.3) is 11.6 Å². The molecule has 1 atom stereocenters. The molecule has 2 aromatic carbocycles. The van der Waals surface area contributed by atoms with Crippen molar-refractivity contribution in [3.8, 4) is 0 Å². The Morgan fingerprint density at radius 3 is 2.34 bits per heavy atom. The second-order valence-corrected chi connectivity index (χ2v) is 18.1. The van der Waals surface area contributed by atoms with Gasteiger partial charge in [0.2, 0.25) is 23.7 Å². The van der Waals surface area contributed by atoms with Crippen LogP contribution < -0.4 is 25.2 Å². The molecule has 17 nitrogen and oxygen atoms in total. The molecule has 5 heterocycles. The van der Waals surface area contributed by atoms with E-state index in [1.165, 1.54) is 31.4 Å². The first-order chi connectivity index (χ1) is 30.6. The third-order valence-electron chi connectivity index (χ3n) is 12.1. The number of halogens is 1. The standard InChI is InChI=1S/C45H53FN10O7S/c1-5-30(24-35-29(3)47-28-36(35)42(59)34-8-7-9-37(41(34)46)52-64(62,63)53(4)6-2)31-26-48-44(49-27-31)56-22-20-55(21-23-56)40(58)25-45(61)16-18-54(19-17-45)33-12-10-32(11-13-33)50-38-14-15-39(57)51-43(38)60/h5,7-13,24,26-28,38,47,50,52,61H,1,6,14-23,25H2,2-4H3,(H,51,57,60)/b30-24+. The Hall–Kier alpha value is -6.44. The van der Waals surface area contributed by atoms with Crippen molar-refractivity contribution in [1.29, 1.82) is 0 Å². The van der Waals surface area contributed by atoms with E-state index >= 15 is 4.39 Å². The fraction of sp³-hybridized carbons (Fsp3) is 0.378. The van der Waals surface area contributed by atoms with Crippen LogP contribution in [0.3, 0.4) is 0 Å². The fourth-order valence-corrected chi connectivity index (χ4v) is 8.92. The van der Waals surface area contributed by atoms with Crippen LogP contribution in [0.5, 0.6) is 0 Å². The van der Waals surface area contributed by atoms with E-state index in [1.54, 1.807) is 43.3 Å². The number of nitrogens with zero attached hydrogens (tertiary/aromatic N) is 6. The number of ketones is 1. The summed E-state index contributed by atoms with van der Waals surface area (Å²) < 4.78 is 44.1. The number of allylic oxidation sites excluding steroid dienone is 2. The number of hydrogen-bond acceptors (Lipinski definition) is 12. The van der Waals surface area contributed by atoms with Gasteiger partial charge < -0.3 is 30.1 Å². The number of piperazine rings is 1. The first-order valence-corrected chi connectivity index (χ1v) is 22.6. The third-order valence-corrected chi connectivity index (χ3v) is 13.7. The predicted molar refractivity (Wildman–Crippen MR) is 242 cm³/mol. The SMILES string of the molecule is C=C/C(=C\c1c(C(=O)c2cccc(NS(=O)(=O)N(C)CC)c2F)c[nH]c1C)c1cnc(N2CCN(C(=O)CC3(O)CCN(c4ccc(NC5CCC(=O)NC5=O)cc4)CC3)CC2)nc1. The minimum atomic E-state index is -4.03. The number of anilines is 4. The summed E-state index contributed by atoms with van der Waals surface area (Å²) in [5.74, 6) is -1.85. The summed E-state index contributed by atoms with van der Waals surface area (Å²) in [4.78, 5) is 68.9. The molecule has 0 saturated carbocycles. The Kier molecular flexibility index (Phi) is 13.6. The molecular formula is C45H53FN10O7S. The maximum absolute atomic E-state index is 15.7. The summed E-state index contributed by atoms with van der Waals surface area (Å²) in [6.45, 7) is 10.6. The van der Waals surface area contributed by atoms with Crippen molar-refractivity contribution in [2.75, 3.05) is 72.7 Å². The highest BCUT2D eigenvalue weighted by atomic mass is 32.2. The van der Waals surface area contributed by atoms with Gasteiger partial charge in [0.15, 0.2) is 11.6 Å². The maximum atomic E-state index is 15.7. The number of rotatable bonds is 15. The highest BCUT2D eigenvalue weighted by molar-refractivity contribution is 7.90. The van der Waals surface area contributed by atoms with E-state index in [2.05, 4.69) is 41.8 Å². The van der Waals surface area contributed by atoms with E-state index in [0.717, 1.165) is 15.7 Å². The largest absolute Gasteiger partial charge is 0.389 e. The van der Waals surface area contributed by atoms with Crippen molar-refractivity contribution in [3.63, 3.8) is 0 Å². The minimum absolute atomic E-state index is 0.0329. The van der Waals surface area contributed by atoms with E-state index < -0.39 is 33.5 Å². The van der Waals surface area contributed by atoms with Crippen LogP contribution in [0.15, 0.2) is 73.7 Å². The quantitative estimate of drug-likeness (QED) is 0.0649. The van der Waals surface area contributed by atoms with E-state index in [-0.39, 0.29) is 47.5 Å². The average molecular weight is 897 g/mol. The van der Waals surface area contributed by atoms with Gasteiger partial charge in [0.05, 0.1) is 23.3 Å². The van der Waals surface area contributed by atoms with Gasteiger partial charge in [-0.1, -0.05) is 25.6 Å². The van der Waals surface area contributed by atoms with Crippen LogP contribution >= 0.6 is 0 Å². The lowest BCUT2D eigenvalue weighted by Crippen LogP contribution is -2.52. The molecule has 0 radical (unpaired) electrons. The second-order valence-electron chi connectivity index (χ2n) is 16.3. The summed E-state index contributed by atoms with van der Waals surface area (Å²) >= 11 is 0. The molecule has 0 spiro atoms. The van der Waals surface area contributed by atoms with E-state index in [1.807, 2.05) is 29.2 Å². The van der Waals surface area contributed by atoms with Crippen LogP contribution in [-0.4, -0.2) is 126 Å². The zero-order valence-electron chi connectivity index (χ0n) is 36.1. The second kappa shape index (κ2) is 19.1. The number of aliphatic hydroxyl groups is 1. The molecule has 64 heavy (non-hydrogen) atoms. The van der Waals surface area contributed by atoms with Gasteiger partial charge in [-0.2, -0.15) is 12.7 Å². The Balaban J connectivity index is 0.918. The number of carbonyl (C=O) groups excluding carboxylic acids is 4. The normalized spacial score (nSPS) is 18.2.